The van der Waals surface area contributed by atoms with Gasteiger partial charge in [-0.1, -0.05) is 35.5 Å². The van der Waals surface area contributed by atoms with Crippen LogP contribution in [0, 0.1) is 10.1 Å². The van der Waals surface area contributed by atoms with E-state index >= 15 is 0 Å². The third kappa shape index (κ3) is 6.26. The number of nitro benzene ring substituents is 1. The molecule has 2 rings (SSSR count). The predicted molar refractivity (Wildman–Crippen MR) is 95.2 cm³/mol. The average molecular weight is 351 g/mol. The number of halogens is 1. The number of nitrogens with zero attached hydrogens (tertiary/aromatic N) is 2. The Hall–Kier alpha value is -2.60. The number of benzene rings is 2. The van der Waals surface area contributed by atoms with Crippen LogP contribution in [-0.4, -0.2) is 24.4 Å². The third-order valence-electron chi connectivity index (χ3n) is 3.07. The van der Waals surface area contributed by atoms with E-state index in [2.05, 4.69) is 5.16 Å². The summed E-state index contributed by atoms with van der Waals surface area (Å²) in [6.45, 7) is 2.87. The summed E-state index contributed by atoms with van der Waals surface area (Å²) < 4.78 is 5.56. The maximum Gasteiger partial charge on any atom is 0.273 e. The minimum atomic E-state index is -0.435. The van der Waals surface area contributed by atoms with Crippen LogP contribution in [-0.2, 0) is 11.3 Å². The minimum absolute atomic E-state index is 0. The Bertz CT molecular complexity index is 675. The first kappa shape index (κ1) is 19.4. The lowest BCUT2D eigenvalue weighted by Crippen LogP contribution is -2.01. The molecule has 0 N–H and O–H groups in total. The molecule has 24 heavy (non-hydrogen) atoms. The van der Waals surface area contributed by atoms with Gasteiger partial charge in [-0.2, -0.15) is 0 Å². The summed E-state index contributed by atoms with van der Waals surface area (Å²) in [6.07, 6.45) is 2.37. The fourth-order valence-electron chi connectivity index (χ4n) is 1.92. The van der Waals surface area contributed by atoms with Crippen molar-refractivity contribution in [2.75, 3.05) is 13.2 Å². The highest BCUT2D eigenvalue weighted by molar-refractivity contribution is 5.85. The zero-order valence-corrected chi connectivity index (χ0v) is 14.1. The maximum absolute atomic E-state index is 10.7. The topological polar surface area (TPSA) is 74.0 Å². The van der Waals surface area contributed by atoms with Gasteiger partial charge in [-0.05, 0) is 24.1 Å². The molecule has 7 heteroatoms. The molecule has 0 aliphatic carbocycles. The molecule has 0 spiro atoms. The van der Waals surface area contributed by atoms with E-state index in [0.29, 0.717) is 25.4 Å². The van der Waals surface area contributed by atoms with Gasteiger partial charge < -0.3 is 9.57 Å². The molecule has 0 aliphatic heterocycles. The van der Waals surface area contributed by atoms with Crippen LogP contribution >= 0.6 is 12.4 Å². The summed E-state index contributed by atoms with van der Waals surface area (Å²) in [5.41, 5.74) is 2.10. The molecule has 0 aromatic heterocycles. The molecule has 0 amide bonds. The van der Waals surface area contributed by atoms with Gasteiger partial charge in [0.1, 0.15) is 12.4 Å². The first-order valence-corrected chi connectivity index (χ1v) is 7.30. The van der Waals surface area contributed by atoms with Gasteiger partial charge in [-0.15, -0.1) is 12.4 Å². The summed E-state index contributed by atoms with van der Waals surface area (Å²) in [5.74, 6) is 0.500. The van der Waals surface area contributed by atoms with Crippen molar-refractivity contribution < 1.29 is 14.5 Å². The monoisotopic (exact) mass is 350 g/mol. The van der Waals surface area contributed by atoms with Gasteiger partial charge in [0.15, 0.2) is 0 Å². The highest BCUT2D eigenvalue weighted by Crippen LogP contribution is 2.19. The molecule has 0 aliphatic rings. The molecule has 0 atom stereocenters. The normalized spacial score (nSPS) is 10.2. The predicted octanol–water partition coefficient (Wildman–Crippen LogP) is 4.01. The molecule has 6 nitrogen and oxygen atoms in total. The Labute approximate surface area is 146 Å². The Morgan fingerprint density at radius 1 is 1.21 bits per heavy atom. The number of ether oxygens (including phenoxy) is 1. The fraction of sp³-hybridized carbons (Fsp3) is 0.235. The van der Waals surface area contributed by atoms with Crippen LogP contribution in [0.3, 0.4) is 0 Å². The van der Waals surface area contributed by atoms with Gasteiger partial charge in [0.05, 0.1) is 23.8 Å². The van der Waals surface area contributed by atoms with Crippen molar-refractivity contribution in [1.82, 2.24) is 0 Å². The van der Waals surface area contributed by atoms with Crippen LogP contribution in [0.4, 0.5) is 5.69 Å². The number of non-ortho nitro benzene ring substituents is 1. The average Bonchev–Trinajstić information content (AvgIpc) is 2.57. The quantitative estimate of drug-likeness (QED) is 0.409. The van der Waals surface area contributed by atoms with Gasteiger partial charge in [0.2, 0.25) is 0 Å². The second-order valence-electron chi connectivity index (χ2n) is 4.75. The highest BCUT2D eigenvalue weighted by Gasteiger charge is 2.06. The van der Waals surface area contributed by atoms with Crippen LogP contribution in [0.5, 0.6) is 5.75 Å². The molecule has 2 aromatic rings. The number of nitro groups is 1. The van der Waals surface area contributed by atoms with E-state index < -0.39 is 4.92 Å². The summed E-state index contributed by atoms with van der Waals surface area (Å²) in [6, 6.07) is 14.1. The van der Waals surface area contributed by atoms with Gasteiger partial charge in [-0.3, -0.25) is 10.1 Å². The zero-order valence-electron chi connectivity index (χ0n) is 13.3. The van der Waals surface area contributed by atoms with Crippen molar-refractivity contribution in [2.24, 2.45) is 5.16 Å². The van der Waals surface area contributed by atoms with E-state index in [1.165, 1.54) is 12.1 Å². The first-order valence-electron chi connectivity index (χ1n) is 7.30. The standard InChI is InChI=1S/C17H18N2O4.ClH/c1-2-23-18-13-15-8-6-14(7-9-15)10-11-22-17-5-3-4-16(12-17)19(20)21;/h3-9,12-13H,2,10-11H2,1H3;1H. The molecule has 0 fully saturated rings. The number of rotatable bonds is 8. The molecular weight excluding hydrogens is 332 g/mol. The summed E-state index contributed by atoms with van der Waals surface area (Å²) in [7, 11) is 0. The summed E-state index contributed by atoms with van der Waals surface area (Å²) in [5, 5.41) is 14.5. The Morgan fingerprint density at radius 2 is 1.96 bits per heavy atom. The first-order chi connectivity index (χ1) is 11.2. The molecule has 2 aromatic carbocycles. The maximum atomic E-state index is 10.7. The van der Waals surface area contributed by atoms with E-state index in [1.54, 1.807) is 18.3 Å². The Balaban J connectivity index is 0.00000288. The second kappa shape index (κ2) is 10.2. The fourth-order valence-corrected chi connectivity index (χ4v) is 1.92. The van der Waals surface area contributed by atoms with Crippen LogP contribution in [0.25, 0.3) is 0 Å². The van der Waals surface area contributed by atoms with Crippen molar-refractivity contribution >= 4 is 24.3 Å². The van der Waals surface area contributed by atoms with Crippen molar-refractivity contribution in [3.8, 4) is 5.75 Å². The largest absolute Gasteiger partial charge is 0.493 e. The molecule has 0 heterocycles. The smallest absolute Gasteiger partial charge is 0.273 e. The molecule has 0 radical (unpaired) electrons. The lowest BCUT2D eigenvalue weighted by molar-refractivity contribution is -0.384. The van der Waals surface area contributed by atoms with Crippen LogP contribution < -0.4 is 4.74 Å². The van der Waals surface area contributed by atoms with E-state index in [9.17, 15) is 10.1 Å². The van der Waals surface area contributed by atoms with Crippen molar-refractivity contribution in [1.29, 1.82) is 0 Å². The van der Waals surface area contributed by atoms with Crippen molar-refractivity contribution in [2.45, 2.75) is 13.3 Å². The molecule has 0 unspecified atom stereocenters. The van der Waals surface area contributed by atoms with Crippen molar-refractivity contribution in [3.05, 3.63) is 69.8 Å². The Morgan fingerprint density at radius 3 is 2.62 bits per heavy atom. The van der Waals surface area contributed by atoms with Crippen molar-refractivity contribution in [3.63, 3.8) is 0 Å². The number of hydrogen-bond acceptors (Lipinski definition) is 5. The number of hydrogen-bond donors (Lipinski definition) is 0. The molecule has 0 saturated heterocycles. The van der Waals surface area contributed by atoms with E-state index in [-0.39, 0.29) is 18.1 Å². The van der Waals surface area contributed by atoms with Gasteiger partial charge in [0, 0.05) is 12.5 Å². The Kier molecular flexibility index (Phi) is 8.29. The lowest BCUT2D eigenvalue weighted by atomic mass is 10.1. The second-order valence-corrected chi connectivity index (χ2v) is 4.75. The molecular formula is C17H19ClN2O4. The minimum Gasteiger partial charge on any atom is -0.493 e. The highest BCUT2D eigenvalue weighted by atomic mass is 35.5. The molecule has 128 valence electrons. The van der Waals surface area contributed by atoms with Gasteiger partial charge in [0.25, 0.3) is 5.69 Å². The van der Waals surface area contributed by atoms with Gasteiger partial charge in [-0.25, -0.2) is 0 Å². The number of oxime groups is 1. The SMILES string of the molecule is CCON=Cc1ccc(CCOc2cccc([N+](=O)[O-])c2)cc1.Cl. The molecule has 0 saturated carbocycles. The van der Waals surface area contributed by atoms with Gasteiger partial charge >= 0.3 is 0 Å². The van der Waals surface area contributed by atoms with E-state index in [0.717, 1.165) is 11.1 Å². The lowest BCUT2D eigenvalue weighted by Gasteiger charge is -2.06. The third-order valence-corrected chi connectivity index (χ3v) is 3.07. The molecule has 0 bridgehead atoms. The summed E-state index contributed by atoms with van der Waals surface area (Å²) in [4.78, 5) is 15.2. The van der Waals surface area contributed by atoms with E-state index in [4.69, 9.17) is 9.57 Å². The van der Waals surface area contributed by atoms with Crippen LogP contribution in [0.1, 0.15) is 18.1 Å². The van der Waals surface area contributed by atoms with Crippen LogP contribution in [0.15, 0.2) is 53.7 Å². The zero-order chi connectivity index (χ0) is 16.5. The van der Waals surface area contributed by atoms with Crippen LogP contribution in [0.2, 0.25) is 0 Å². The summed E-state index contributed by atoms with van der Waals surface area (Å²) >= 11 is 0. The van der Waals surface area contributed by atoms with E-state index in [1.807, 2.05) is 31.2 Å².